The third-order valence-electron chi connectivity index (χ3n) is 3.69. The lowest BCUT2D eigenvalue weighted by atomic mass is 10.1. The third-order valence-corrected chi connectivity index (χ3v) is 6.00. The van der Waals surface area contributed by atoms with Crippen molar-refractivity contribution in [3.63, 3.8) is 0 Å². The molecule has 0 bridgehead atoms. The molecule has 1 aliphatic heterocycles. The third kappa shape index (κ3) is 3.93. The van der Waals surface area contributed by atoms with Crippen LogP contribution in [0.3, 0.4) is 0 Å². The number of anilines is 1. The number of sulfone groups is 1. The number of hydrogen-bond acceptors (Lipinski definition) is 5. The normalized spacial score (nSPS) is 14.8. The van der Waals surface area contributed by atoms with Crippen LogP contribution in [-0.4, -0.2) is 31.7 Å². The standard InChI is InChI=1S/C17H14IN3O4S/c1-10-2-5-12(6-3-10)26(24,25)9-15(22)20-21-16-13-8-11(18)4-7-14(13)19-17(16)23/h2-8H,9H2,1H3,(H,20,22)(H,19,21,23). The minimum absolute atomic E-state index is 0.0413. The molecule has 0 fully saturated rings. The average molecular weight is 483 g/mol. The van der Waals surface area contributed by atoms with Crippen molar-refractivity contribution in [2.24, 2.45) is 5.10 Å². The molecule has 7 nitrogen and oxygen atoms in total. The molecule has 2 aromatic rings. The molecule has 3 rings (SSSR count). The Labute approximate surface area is 163 Å². The molecule has 1 aliphatic rings. The van der Waals surface area contributed by atoms with Crippen molar-refractivity contribution in [3.05, 3.63) is 57.2 Å². The SMILES string of the molecule is Cc1ccc(S(=O)(=O)CC(=O)N/N=C2/C(=O)Nc3ccc(I)cc32)cc1. The van der Waals surface area contributed by atoms with Crippen LogP contribution in [0.25, 0.3) is 0 Å². The molecular weight excluding hydrogens is 469 g/mol. The molecule has 2 N–H and O–H groups in total. The van der Waals surface area contributed by atoms with Gasteiger partial charge in [0.1, 0.15) is 5.75 Å². The van der Waals surface area contributed by atoms with Gasteiger partial charge in [0.25, 0.3) is 11.8 Å². The fraction of sp³-hybridized carbons (Fsp3) is 0.118. The highest BCUT2D eigenvalue weighted by Gasteiger charge is 2.27. The summed E-state index contributed by atoms with van der Waals surface area (Å²) in [5.74, 6) is -2.03. The maximum atomic E-state index is 12.3. The summed E-state index contributed by atoms with van der Waals surface area (Å²) < 4.78 is 25.4. The second-order valence-electron chi connectivity index (χ2n) is 5.71. The Morgan fingerprint density at radius 3 is 2.58 bits per heavy atom. The van der Waals surface area contributed by atoms with Crippen LogP contribution >= 0.6 is 22.6 Å². The molecule has 2 amide bonds. The number of amides is 2. The Hall–Kier alpha value is -2.27. The lowest BCUT2D eigenvalue weighted by Gasteiger charge is -2.04. The number of carbonyl (C=O) groups excluding carboxylic acids is 2. The Kier molecular flexibility index (Phi) is 5.10. The zero-order valence-electron chi connectivity index (χ0n) is 13.6. The molecular formula is C17H14IN3O4S. The smallest absolute Gasteiger partial charge is 0.276 e. The lowest BCUT2D eigenvalue weighted by Crippen LogP contribution is -2.29. The lowest BCUT2D eigenvalue weighted by molar-refractivity contribution is -0.118. The summed E-state index contributed by atoms with van der Waals surface area (Å²) in [5, 5.41) is 6.45. The Morgan fingerprint density at radius 2 is 1.88 bits per heavy atom. The first-order chi connectivity index (χ1) is 12.3. The molecule has 134 valence electrons. The predicted octanol–water partition coefficient (Wildman–Crippen LogP) is 1.85. The summed E-state index contributed by atoms with van der Waals surface area (Å²) in [5.41, 5.74) is 4.27. The van der Waals surface area contributed by atoms with Crippen LogP contribution in [0.15, 0.2) is 52.5 Å². The van der Waals surface area contributed by atoms with Crippen molar-refractivity contribution in [2.45, 2.75) is 11.8 Å². The zero-order chi connectivity index (χ0) is 18.9. The van der Waals surface area contributed by atoms with Gasteiger partial charge in [-0.05, 0) is 59.8 Å². The fourth-order valence-electron chi connectivity index (χ4n) is 2.39. The molecule has 0 radical (unpaired) electrons. The number of hydrazone groups is 1. The monoisotopic (exact) mass is 483 g/mol. The van der Waals surface area contributed by atoms with Crippen molar-refractivity contribution in [1.29, 1.82) is 0 Å². The van der Waals surface area contributed by atoms with Crippen LogP contribution in [0, 0.1) is 10.5 Å². The van der Waals surface area contributed by atoms with E-state index in [1.54, 1.807) is 24.3 Å². The zero-order valence-corrected chi connectivity index (χ0v) is 16.6. The number of fused-ring (bicyclic) bond motifs is 1. The van der Waals surface area contributed by atoms with Crippen molar-refractivity contribution < 1.29 is 18.0 Å². The fourth-order valence-corrected chi connectivity index (χ4v) is 4.01. The molecule has 0 spiro atoms. The Bertz CT molecular complexity index is 1030. The highest BCUT2D eigenvalue weighted by Crippen LogP contribution is 2.25. The maximum absolute atomic E-state index is 12.3. The van der Waals surface area contributed by atoms with Crippen molar-refractivity contribution in [3.8, 4) is 0 Å². The molecule has 2 aromatic carbocycles. The molecule has 0 aliphatic carbocycles. The molecule has 1 heterocycles. The minimum Gasteiger partial charge on any atom is -0.320 e. The second kappa shape index (κ2) is 7.16. The van der Waals surface area contributed by atoms with Crippen molar-refractivity contribution >= 4 is 55.6 Å². The summed E-state index contributed by atoms with van der Waals surface area (Å²) in [4.78, 5) is 24.1. The summed E-state index contributed by atoms with van der Waals surface area (Å²) >= 11 is 2.10. The van der Waals surface area contributed by atoms with Crippen molar-refractivity contribution in [2.75, 3.05) is 11.1 Å². The second-order valence-corrected chi connectivity index (χ2v) is 8.95. The van der Waals surface area contributed by atoms with Gasteiger partial charge in [0, 0.05) is 9.13 Å². The molecule has 0 aromatic heterocycles. The molecule has 0 atom stereocenters. The van der Waals surface area contributed by atoms with Gasteiger partial charge in [-0.15, -0.1) is 0 Å². The Morgan fingerprint density at radius 1 is 1.19 bits per heavy atom. The molecule has 26 heavy (non-hydrogen) atoms. The summed E-state index contributed by atoms with van der Waals surface area (Å²) in [6.07, 6.45) is 0. The largest absolute Gasteiger partial charge is 0.320 e. The van der Waals surface area contributed by atoms with E-state index in [1.165, 1.54) is 12.1 Å². The number of aryl methyl sites for hydroxylation is 1. The molecule has 9 heteroatoms. The predicted molar refractivity (Wildman–Crippen MR) is 106 cm³/mol. The maximum Gasteiger partial charge on any atom is 0.276 e. The van der Waals surface area contributed by atoms with Crippen LogP contribution in [0.1, 0.15) is 11.1 Å². The van der Waals surface area contributed by atoms with E-state index in [4.69, 9.17) is 0 Å². The van der Waals surface area contributed by atoms with E-state index < -0.39 is 27.4 Å². The van der Waals surface area contributed by atoms with Crippen LogP contribution in [0.2, 0.25) is 0 Å². The van der Waals surface area contributed by atoms with E-state index in [9.17, 15) is 18.0 Å². The Balaban J connectivity index is 1.75. The van der Waals surface area contributed by atoms with Gasteiger partial charge in [-0.1, -0.05) is 17.7 Å². The highest BCUT2D eigenvalue weighted by molar-refractivity contribution is 14.1. The van der Waals surface area contributed by atoms with Gasteiger partial charge in [0.05, 0.1) is 10.6 Å². The number of rotatable bonds is 4. The van der Waals surface area contributed by atoms with E-state index in [2.05, 4.69) is 38.4 Å². The van der Waals surface area contributed by atoms with Crippen LogP contribution < -0.4 is 10.7 Å². The number of halogens is 1. The van der Waals surface area contributed by atoms with E-state index in [0.717, 1.165) is 9.13 Å². The van der Waals surface area contributed by atoms with Crippen LogP contribution in [0.5, 0.6) is 0 Å². The van der Waals surface area contributed by atoms with Gasteiger partial charge in [-0.25, -0.2) is 13.8 Å². The minimum atomic E-state index is -3.79. The van der Waals surface area contributed by atoms with Gasteiger partial charge in [0.2, 0.25) is 0 Å². The van der Waals surface area contributed by atoms with E-state index >= 15 is 0 Å². The van der Waals surface area contributed by atoms with E-state index in [-0.39, 0.29) is 10.6 Å². The average Bonchev–Trinajstić information content (AvgIpc) is 2.87. The highest BCUT2D eigenvalue weighted by atomic mass is 127. The number of carbonyl (C=O) groups is 2. The quantitative estimate of drug-likeness (QED) is 0.512. The molecule has 0 saturated heterocycles. The van der Waals surface area contributed by atoms with E-state index in [1.807, 2.05) is 13.0 Å². The first kappa shape index (κ1) is 18.5. The summed E-state index contributed by atoms with van der Waals surface area (Å²) in [6.45, 7) is 1.84. The first-order valence-corrected chi connectivity index (χ1v) is 10.3. The van der Waals surface area contributed by atoms with Crippen LogP contribution in [0.4, 0.5) is 5.69 Å². The van der Waals surface area contributed by atoms with Crippen LogP contribution in [-0.2, 0) is 19.4 Å². The number of nitrogens with one attached hydrogen (secondary N) is 2. The number of nitrogens with zero attached hydrogens (tertiary/aromatic N) is 1. The molecule has 0 saturated carbocycles. The van der Waals surface area contributed by atoms with Crippen molar-refractivity contribution in [1.82, 2.24) is 5.43 Å². The first-order valence-electron chi connectivity index (χ1n) is 7.53. The summed E-state index contributed by atoms with van der Waals surface area (Å²) in [7, 11) is -3.79. The molecule has 0 unspecified atom stereocenters. The van der Waals surface area contributed by atoms with Gasteiger partial charge >= 0.3 is 0 Å². The van der Waals surface area contributed by atoms with Gasteiger partial charge in [0.15, 0.2) is 15.5 Å². The van der Waals surface area contributed by atoms with Gasteiger partial charge in [-0.2, -0.15) is 5.10 Å². The van der Waals surface area contributed by atoms with E-state index in [0.29, 0.717) is 11.3 Å². The number of benzene rings is 2. The van der Waals surface area contributed by atoms with Gasteiger partial charge < -0.3 is 5.32 Å². The summed E-state index contributed by atoms with van der Waals surface area (Å²) in [6, 6.07) is 11.5. The topological polar surface area (TPSA) is 105 Å². The van der Waals surface area contributed by atoms with Gasteiger partial charge in [-0.3, -0.25) is 9.59 Å². The number of hydrogen-bond donors (Lipinski definition) is 2.